The van der Waals surface area contributed by atoms with E-state index < -0.39 is 7.60 Å². The first-order valence-electron chi connectivity index (χ1n) is 10.7. The zero-order chi connectivity index (χ0) is 25.4. The van der Waals surface area contributed by atoms with Crippen molar-refractivity contribution in [1.82, 2.24) is 14.9 Å². The minimum Gasteiger partial charge on any atom is -0.496 e. The highest BCUT2D eigenvalue weighted by Crippen LogP contribution is 2.47. The van der Waals surface area contributed by atoms with Crippen LogP contribution < -0.4 is 26.2 Å². The second-order valence-electron chi connectivity index (χ2n) is 7.72. The molecule has 0 fully saturated rings. The average Bonchev–Trinajstić information content (AvgIpc) is 2.87. The summed E-state index contributed by atoms with van der Waals surface area (Å²) in [6, 6.07) is 12.7. The van der Waals surface area contributed by atoms with Crippen LogP contribution in [0.5, 0.6) is 5.75 Å². The molecule has 0 atom stereocenters. The van der Waals surface area contributed by atoms with Gasteiger partial charge in [-0.3, -0.25) is 15.4 Å². The molecule has 0 saturated heterocycles. The van der Waals surface area contributed by atoms with E-state index in [1.807, 2.05) is 32.3 Å². The summed E-state index contributed by atoms with van der Waals surface area (Å²) in [7, 11) is 4.90. The summed E-state index contributed by atoms with van der Waals surface area (Å²) in [5.74, 6) is 1.49. The fourth-order valence-electron chi connectivity index (χ4n) is 3.26. The van der Waals surface area contributed by atoms with Crippen molar-refractivity contribution in [3.8, 4) is 5.75 Å². The van der Waals surface area contributed by atoms with E-state index in [4.69, 9.17) is 25.4 Å². The van der Waals surface area contributed by atoms with Gasteiger partial charge >= 0.3 is 7.60 Å². The normalized spacial score (nSPS) is 11.4. The average molecular weight is 521 g/mol. The highest BCUT2D eigenvalue weighted by Gasteiger charge is 2.27. The predicted molar refractivity (Wildman–Crippen MR) is 141 cm³/mol. The van der Waals surface area contributed by atoms with E-state index in [1.165, 1.54) is 20.4 Å². The Morgan fingerprint density at radius 1 is 1.06 bits per heavy atom. The van der Waals surface area contributed by atoms with Crippen LogP contribution in [0.1, 0.15) is 5.56 Å². The van der Waals surface area contributed by atoms with Gasteiger partial charge in [0, 0.05) is 26.5 Å². The number of hydrogen-bond donors (Lipinski definition) is 3. The molecule has 1 heterocycles. The molecule has 0 spiro atoms. The number of hydrogen-bond acceptors (Lipinski definition) is 10. The van der Waals surface area contributed by atoms with Crippen LogP contribution in [0.4, 0.5) is 23.1 Å². The van der Waals surface area contributed by atoms with E-state index in [9.17, 15) is 4.57 Å². The van der Waals surface area contributed by atoms with Gasteiger partial charge in [0.05, 0.1) is 24.3 Å². The standard InChI is InChI=1S/C23H30ClN6O4P/c1-30(2)13-12-16-14-17(10-11-20(16)32-3)26-23-25-15-18(24)22(27-23)29-28-19-8-6-7-9-21(19)35(31,33-4)34-5/h6-11,14-15,28H,12-13H2,1-5H3,(H2,25,26,27,29). The molecule has 0 bridgehead atoms. The first-order chi connectivity index (χ1) is 16.8. The van der Waals surface area contributed by atoms with E-state index in [1.54, 1.807) is 31.4 Å². The fraction of sp³-hybridized carbons (Fsp3) is 0.304. The fourth-order valence-corrected chi connectivity index (χ4v) is 4.63. The van der Waals surface area contributed by atoms with Crippen LogP contribution in [0.25, 0.3) is 0 Å². The summed E-state index contributed by atoms with van der Waals surface area (Å²) in [5, 5.41) is 3.86. The molecule has 1 aromatic heterocycles. The maximum Gasteiger partial charge on any atom is 0.362 e. The van der Waals surface area contributed by atoms with Gasteiger partial charge in [0.15, 0.2) is 5.82 Å². The van der Waals surface area contributed by atoms with Gasteiger partial charge in [-0.25, -0.2) is 4.98 Å². The van der Waals surface area contributed by atoms with E-state index >= 15 is 0 Å². The number of rotatable bonds is 12. The number of hydrazine groups is 1. The molecule has 3 N–H and O–H groups in total. The van der Waals surface area contributed by atoms with E-state index in [-0.39, 0.29) is 0 Å². The Morgan fingerprint density at radius 3 is 2.49 bits per heavy atom. The second kappa shape index (κ2) is 12.2. The number of nitrogens with one attached hydrogen (secondary N) is 3. The lowest BCUT2D eigenvalue weighted by molar-refractivity contribution is 0.287. The van der Waals surface area contributed by atoms with E-state index in [0.29, 0.717) is 27.8 Å². The lowest BCUT2D eigenvalue weighted by atomic mass is 10.1. The Hall–Kier alpha value is -2.88. The SMILES string of the molecule is COc1ccc(Nc2ncc(Cl)c(NNc3ccccc3P(=O)(OC)OC)n2)cc1CCN(C)C. The minimum atomic E-state index is -3.48. The third-order valence-electron chi connectivity index (χ3n) is 5.10. The minimum absolute atomic E-state index is 0.295. The number of likely N-dealkylation sites (N-methyl/N-ethyl adjacent to an activating group) is 1. The van der Waals surface area contributed by atoms with Crippen LogP contribution in [0, 0.1) is 0 Å². The monoisotopic (exact) mass is 520 g/mol. The predicted octanol–water partition coefficient (Wildman–Crippen LogP) is 4.54. The summed E-state index contributed by atoms with van der Waals surface area (Å²) in [4.78, 5) is 10.8. The molecule has 2 aromatic carbocycles. The Kier molecular flexibility index (Phi) is 9.31. The molecule has 188 valence electrons. The molecule has 35 heavy (non-hydrogen) atoms. The number of anilines is 4. The van der Waals surface area contributed by atoms with Gasteiger partial charge in [0.25, 0.3) is 0 Å². The molecule has 0 aliphatic heterocycles. The number of halogens is 1. The Bertz CT molecular complexity index is 1190. The topological polar surface area (TPSA) is 110 Å². The van der Waals surface area contributed by atoms with Gasteiger partial charge in [0.1, 0.15) is 10.8 Å². The first kappa shape index (κ1) is 26.7. The third-order valence-corrected chi connectivity index (χ3v) is 7.32. The number of benzene rings is 2. The van der Waals surface area contributed by atoms with Crippen molar-refractivity contribution in [2.45, 2.75) is 6.42 Å². The first-order valence-corrected chi connectivity index (χ1v) is 12.7. The van der Waals surface area contributed by atoms with Crippen molar-refractivity contribution in [3.05, 3.63) is 59.2 Å². The Balaban J connectivity index is 1.79. The molecule has 3 rings (SSSR count). The Labute approximate surface area is 210 Å². The lowest BCUT2D eigenvalue weighted by Crippen LogP contribution is -2.19. The summed E-state index contributed by atoms with van der Waals surface area (Å²) < 4.78 is 28.6. The maximum atomic E-state index is 12.9. The zero-order valence-corrected chi connectivity index (χ0v) is 22.0. The van der Waals surface area contributed by atoms with Crippen LogP contribution in [0.3, 0.4) is 0 Å². The molecule has 10 nitrogen and oxygen atoms in total. The second-order valence-corrected chi connectivity index (χ2v) is 10.3. The molecular weight excluding hydrogens is 491 g/mol. The molecule has 0 radical (unpaired) electrons. The number of nitrogens with zero attached hydrogens (tertiary/aromatic N) is 3. The van der Waals surface area contributed by atoms with E-state index in [0.717, 1.165) is 30.0 Å². The van der Waals surface area contributed by atoms with Gasteiger partial charge in [-0.2, -0.15) is 4.98 Å². The third kappa shape index (κ3) is 6.84. The number of para-hydroxylation sites is 1. The highest BCUT2D eigenvalue weighted by molar-refractivity contribution is 7.62. The quantitative estimate of drug-likeness (QED) is 0.232. The number of aromatic nitrogens is 2. The van der Waals surface area contributed by atoms with Gasteiger partial charge in [-0.15, -0.1) is 0 Å². The molecule has 0 aliphatic rings. The molecular formula is C23H30ClN6O4P. The maximum absolute atomic E-state index is 12.9. The molecule has 0 saturated carbocycles. The van der Waals surface area contributed by atoms with Crippen molar-refractivity contribution in [1.29, 1.82) is 0 Å². The van der Waals surface area contributed by atoms with Crippen LogP contribution in [-0.4, -0.2) is 56.8 Å². The van der Waals surface area contributed by atoms with Crippen molar-refractivity contribution >= 4 is 47.6 Å². The summed E-state index contributed by atoms with van der Waals surface area (Å²) >= 11 is 6.30. The smallest absolute Gasteiger partial charge is 0.362 e. The number of ether oxygens (including phenoxy) is 1. The van der Waals surface area contributed by atoms with Crippen LogP contribution in [0.15, 0.2) is 48.7 Å². The molecule has 12 heteroatoms. The van der Waals surface area contributed by atoms with Crippen molar-refractivity contribution < 1.29 is 18.3 Å². The summed E-state index contributed by atoms with van der Waals surface area (Å²) in [6.07, 6.45) is 2.31. The summed E-state index contributed by atoms with van der Waals surface area (Å²) in [6.45, 7) is 0.886. The van der Waals surface area contributed by atoms with Crippen molar-refractivity contribution in [3.63, 3.8) is 0 Å². The van der Waals surface area contributed by atoms with Crippen LogP contribution in [-0.2, 0) is 20.0 Å². The molecule has 0 aliphatic carbocycles. The molecule has 0 amide bonds. The van der Waals surface area contributed by atoms with Crippen LogP contribution >= 0.6 is 19.2 Å². The van der Waals surface area contributed by atoms with Gasteiger partial charge < -0.3 is 24.0 Å². The van der Waals surface area contributed by atoms with Crippen molar-refractivity contribution in [2.75, 3.05) is 58.1 Å². The van der Waals surface area contributed by atoms with Crippen molar-refractivity contribution in [2.24, 2.45) is 0 Å². The summed E-state index contributed by atoms with van der Waals surface area (Å²) in [5.41, 5.74) is 8.30. The molecule has 3 aromatic rings. The Morgan fingerprint density at radius 2 is 1.80 bits per heavy atom. The number of methoxy groups -OCH3 is 1. The van der Waals surface area contributed by atoms with Gasteiger partial charge in [0.2, 0.25) is 5.95 Å². The van der Waals surface area contributed by atoms with E-state index in [2.05, 4.69) is 31.0 Å². The van der Waals surface area contributed by atoms with Crippen LogP contribution in [0.2, 0.25) is 5.02 Å². The lowest BCUT2D eigenvalue weighted by Gasteiger charge is -2.19. The van der Waals surface area contributed by atoms with Gasteiger partial charge in [-0.1, -0.05) is 23.7 Å². The molecule has 0 unspecified atom stereocenters. The zero-order valence-electron chi connectivity index (χ0n) is 20.3. The highest BCUT2D eigenvalue weighted by atomic mass is 35.5. The largest absolute Gasteiger partial charge is 0.496 e. The van der Waals surface area contributed by atoms with Gasteiger partial charge in [-0.05, 0) is 56.4 Å².